The number of aryl methyl sites for hydroxylation is 1. The number of methoxy groups -OCH3 is 1. The van der Waals surface area contributed by atoms with Gasteiger partial charge in [-0.1, -0.05) is 36.4 Å². The van der Waals surface area contributed by atoms with Gasteiger partial charge in [-0.15, -0.1) is 0 Å². The van der Waals surface area contributed by atoms with Crippen LogP contribution in [0, 0.1) is 6.92 Å². The van der Waals surface area contributed by atoms with Gasteiger partial charge in [0.05, 0.1) is 11.6 Å². The number of rotatable bonds is 8. The van der Waals surface area contributed by atoms with Crippen molar-refractivity contribution < 1.29 is 9.47 Å². The van der Waals surface area contributed by atoms with Gasteiger partial charge < -0.3 is 14.4 Å². The Hall–Kier alpha value is -2.89. The highest BCUT2D eigenvalue weighted by molar-refractivity contribution is 6.31. The largest absolute Gasteiger partial charge is 0.487 e. The van der Waals surface area contributed by atoms with E-state index in [1.54, 1.807) is 25.6 Å². The molecule has 0 unspecified atom stereocenters. The minimum Gasteiger partial charge on any atom is -0.487 e. The molecule has 0 radical (unpaired) electrons. The van der Waals surface area contributed by atoms with Crippen LogP contribution in [0.3, 0.4) is 0 Å². The van der Waals surface area contributed by atoms with Crippen LogP contribution in [0.5, 0.6) is 5.75 Å². The lowest BCUT2D eigenvalue weighted by Gasteiger charge is -2.20. The zero-order chi connectivity index (χ0) is 21.7. The average Bonchev–Trinajstić information content (AvgIpc) is 2.71. The number of benzene rings is 1. The van der Waals surface area contributed by atoms with Gasteiger partial charge in [-0.25, -0.2) is 4.98 Å². The Kier molecular flexibility index (Phi) is 7.08. The van der Waals surface area contributed by atoms with E-state index in [4.69, 9.17) is 26.1 Å². The van der Waals surface area contributed by atoms with Gasteiger partial charge in [0, 0.05) is 67.1 Å². The maximum Gasteiger partial charge on any atom is 0.146 e. The molecule has 0 saturated carbocycles. The second-order valence-electron chi connectivity index (χ2n) is 7.13. The van der Waals surface area contributed by atoms with Crippen LogP contribution in [0.4, 0.5) is 0 Å². The Bertz CT molecular complexity index is 1090. The Morgan fingerprint density at radius 3 is 2.73 bits per heavy atom. The van der Waals surface area contributed by atoms with Crippen molar-refractivity contribution in [1.29, 1.82) is 0 Å². The minimum atomic E-state index is 0.299. The second-order valence-corrected chi connectivity index (χ2v) is 7.53. The molecule has 5 nitrogen and oxygen atoms in total. The van der Waals surface area contributed by atoms with Crippen LogP contribution >= 0.6 is 11.6 Å². The van der Waals surface area contributed by atoms with Crippen LogP contribution in [0.15, 0.2) is 55.4 Å². The number of halogens is 1. The van der Waals surface area contributed by atoms with Crippen molar-refractivity contribution in [2.75, 3.05) is 21.2 Å². The van der Waals surface area contributed by atoms with E-state index < -0.39 is 0 Å². The Balaban J connectivity index is 2.05. The highest BCUT2D eigenvalue weighted by Crippen LogP contribution is 2.32. The predicted octanol–water partition coefficient (Wildman–Crippen LogP) is 5.41. The van der Waals surface area contributed by atoms with Crippen molar-refractivity contribution in [1.82, 2.24) is 14.9 Å². The number of fused-ring (bicyclic) bond motifs is 1. The number of allylic oxidation sites excluding steroid dienone is 2. The van der Waals surface area contributed by atoms with E-state index in [0.717, 1.165) is 39.0 Å². The lowest BCUT2D eigenvalue weighted by Crippen LogP contribution is -2.11. The van der Waals surface area contributed by atoms with E-state index in [2.05, 4.69) is 28.6 Å². The van der Waals surface area contributed by atoms with Crippen LogP contribution in [-0.4, -0.2) is 36.1 Å². The fourth-order valence-electron chi connectivity index (χ4n) is 3.36. The molecule has 30 heavy (non-hydrogen) atoms. The van der Waals surface area contributed by atoms with Crippen LogP contribution in [0.25, 0.3) is 16.6 Å². The quantitative estimate of drug-likeness (QED) is 0.453. The number of hydrogen-bond acceptors (Lipinski definition) is 5. The summed E-state index contributed by atoms with van der Waals surface area (Å²) in [5.41, 5.74) is 5.61. The molecule has 0 fully saturated rings. The van der Waals surface area contributed by atoms with Gasteiger partial charge in [-0.2, -0.15) is 0 Å². The maximum atomic E-state index is 6.38. The van der Waals surface area contributed by atoms with Crippen molar-refractivity contribution in [3.8, 4) is 5.75 Å². The molecule has 2 heterocycles. The third-order valence-corrected chi connectivity index (χ3v) is 5.06. The van der Waals surface area contributed by atoms with Gasteiger partial charge in [-0.3, -0.25) is 4.98 Å². The molecule has 0 atom stereocenters. The Labute approximate surface area is 182 Å². The molecular weight excluding hydrogens is 398 g/mol. The number of pyridine rings is 2. The fourth-order valence-corrected chi connectivity index (χ4v) is 3.60. The van der Waals surface area contributed by atoms with Gasteiger partial charge in [-0.05, 0) is 25.1 Å². The molecule has 0 aliphatic rings. The smallest absolute Gasteiger partial charge is 0.146 e. The molecular formula is C24H26ClN3O2. The molecule has 2 aromatic heterocycles. The van der Waals surface area contributed by atoms with Crippen LogP contribution in [-0.2, 0) is 18.0 Å². The lowest BCUT2D eigenvalue weighted by molar-refractivity contribution is 0.182. The first-order valence-corrected chi connectivity index (χ1v) is 9.97. The van der Waals surface area contributed by atoms with Crippen LogP contribution in [0.2, 0.25) is 5.02 Å². The van der Waals surface area contributed by atoms with Crippen molar-refractivity contribution in [2.45, 2.75) is 20.1 Å². The zero-order valence-corrected chi connectivity index (χ0v) is 18.5. The summed E-state index contributed by atoms with van der Waals surface area (Å²) in [5, 5.41) is 1.57. The number of ether oxygens (including phenoxy) is 2. The molecule has 0 aliphatic heterocycles. The number of nitrogens with zero attached hydrogens (tertiary/aromatic N) is 3. The highest BCUT2D eigenvalue weighted by atomic mass is 35.5. The van der Waals surface area contributed by atoms with Crippen LogP contribution < -0.4 is 4.74 Å². The maximum absolute atomic E-state index is 6.38. The van der Waals surface area contributed by atoms with Crippen molar-refractivity contribution in [3.63, 3.8) is 0 Å². The highest BCUT2D eigenvalue weighted by Gasteiger charge is 2.15. The normalized spacial score (nSPS) is 11.6. The third kappa shape index (κ3) is 4.64. The summed E-state index contributed by atoms with van der Waals surface area (Å²) in [7, 11) is 5.67. The number of para-hydroxylation sites is 1. The Morgan fingerprint density at radius 1 is 1.23 bits per heavy atom. The summed E-state index contributed by atoms with van der Waals surface area (Å²) in [5.74, 6) is 0.699. The SMILES string of the molecule is C=C/C=C(/c1cc(C)nc2c(OCc3c(Cl)cncc3COC)cccc12)N(C)C. The first kappa shape index (κ1) is 21.8. The first-order chi connectivity index (χ1) is 14.5. The third-order valence-electron chi connectivity index (χ3n) is 4.73. The summed E-state index contributed by atoms with van der Waals surface area (Å²) >= 11 is 6.38. The predicted molar refractivity (Wildman–Crippen MR) is 123 cm³/mol. The molecule has 3 rings (SSSR count). The first-order valence-electron chi connectivity index (χ1n) is 9.60. The summed E-state index contributed by atoms with van der Waals surface area (Å²) in [6.45, 7) is 6.55. The van der Waals surface area contributed by atoms with E-state index in [-0.39, 0.29) is 0 Å². The van der Waals surface area contributed by atoms with Gasteiger partial charge in [0.1, 0.15) is 17.9 Å². The van der Waals surface area contributed by atoms with Gasteiger partial charge >= 0.3 is 0 Å². The summed E-state index contributed by atoms with van der Waals surface area (Å²) in [6.07, 6.45) is 7.16. The number of hydrogen-bond donors (Lipinski definition) is 0. The second kappa shape index (κ2) is 9.74. The van der Waals surface area contributed by atoms with Crippen molar-refractivity contribution in [2.24, 2.45) is 0 Å². The molecule has 6 heteroatoms. The molecule has 0 N–H and O–H groups in total. The molecule has 0 saturated heterocycles. The van der Waals surface area contributed by atoms with E-state index >= 15 is 0 Å². The van der Waals surface area contributed by atoms with Gasteiger partial charge in [0.15, 0.2) is 0 Å². The van der Waals surface area contributed by atoms with E-state index in [9.17, 15) is 0 Å². The van der Waals surface area contributed by atoms with Crippen molar-refractivity contribution in [3.05, 3.63) is 82.8 Å². The van der Waals surface area contributed by atoms with E-state index in [1.165, 1.54) is 0 Å². The lowest BCUT2D eigenvalue weighted by atomic mass is 10.0. The summed E-state index contributed by atoms with van der Waals surface area (Å²) in [4.78, 5) is 11.0. The molecule has 0 aliphatic carbocycles. The van der Waals surface area contributed by atoms with E-state index in [0.29, 0.717) is 24.0 Å². The molecule has 3 aromatic rings. The molecule has 156 valence electrons. The number of aromatic nitrogens is 2. The average molecular weight is 424 g/mol. The van der Waals surface area contributed by atoms with Crippen LogP contribution in [0.1, 0.15) is 22.4 Å². The Morgan fingerprint density at radius 2 is 2.03 bits per heavy atom. The fraction of sp³-hybridized carbons (Fsp3) is 0.250. The molecule has 0 spiro atoms. The topological polar surface area (TPSA) is 47.5 Å². The monoisotopic (exact) mass is 423 g/mol. The standard InChI is InChI=1S/C24H26ClN3O2/c1-6-8-22(28(3)4)19-11-16(2)27-24-18(19)9-7-10-23(24)30-15-20-17(14-29-5)12-26-13-21(20)25/h6-13H,1,14-15H2,2-5H3/b22-8-. The summed E-state index contributed by atoms with van der Waals surface area (Å²) < 4.78 is 11.5. The zero-order valence-electron chi connectivity index (χ0n) is 17.8. The molecule has 0 bridgehead atoms. The van der Waals surface area contributed by atoms with E-state index in [1.807, 2.05) is 39.2 Å². The summed E-state index contributed by atoms with van der Waals surface area (Å²) in [6, 6.07) is 8.04. The van der Waals surface area contributed by atoms with Gasteiger partial charge in [0.2, 0.25) is 0 Å². The van der Waals surface area contributed by atoms with Crippen molar-refractivity contribution >= 4 is 28.2 Å². The molecule has 1 aromatic carbocycles. The van der Waals surface area contributed by atoms with Gasteiger partial charge in [0.25, 0.3) is 0 Å². The molecule has 0 amide bonds. The minimum absolute atomic E-state index is 0.299.